The number of benzene rings is 1. The van der Waals surface area contributed by atoms with Gasteiger partial charge in [-0.25, -0.2) is 8.42 Å². The molecule has 8 heteroatoms. The average molecular weight is 349 g/mol. The molecule has 7 nitrogen and oxygen atoms in total. The molecule has 3 rings (SSSR count). The molecule has 1 atom stereocenters. The summed E-state index contributed by atoms with van der Waals surface area (Å²) in [6.07, 6.45) is 2.87. The fourth-order valence-corrected chi connectivity index (χ4v) is 3.56. The maximum Gasteiger partial charge on any atom is 0.253 e. The van der Waals surface area contributed by atoms with Gasteiger partial charge in [-0.1, -0.05) is 11.2 Å². The van der Waals surface area contributed by atoms with Crippen LogP contribution in [-0.4, -0.2) is 48.7 Å². The number of carbonyl (C=O) groups excluding carboxylic acids is 1. The molecule has 0 N–H and O–H groups in total. The molecule has 2 aromatic rings. The summed E-state index contributed by atoms with van der Waals surface area (Å²) in [5.74, 6) is 0.993. The topological polar surface area (TPSA) is 93.4 Å². The van der Waals surface area contributed by atoms with E-state index in [1.807, 2.05) is 0 Å². The number of sulfone groups is 1. The third kappa shape index (κ3) is 3.48. The van der Waals surface area contributed by atoms with Gasteiger partial charge in [-0.3, -0.25) is 4.79 Å². The van der Waals surface area contributed by atoms with Gasteiger partial charge < -0.3 is 9.42 Å². The highest BCUT2D eigenvalue weighted by molar-refractivity contribution is 7.90. The Balaban J connectivity index is 1.80. The van der Waals surface area contributed by atoms with Gasteiger partial charge in [-0.15, -0.1) is 0 Å². The van der Waals surface area contributed by atoms with Gasteiger partial charge >= 0.3 is 0 Å². The molecule has 0 radical (unpaired) electrons. The maximum absolute atomic E-state index is 12.7. The summed E-state index contributed by atoms with van der Waals surface area (Å²) in [6, 6.07) is 6.15. The molecule has 1 aromatic carbocycles. The molecule has 128 valence electrons. The first kappa shape index (κ1) is 16.6. The summed E-state index contributed by atoms with van der Waals surface area (Å²) in [6.45, 7) is 2.87. The molecule has 1 amide bonds. The zero-order valence-electron chi connectivity index (χ0n) is 13.6. The minimum Gasteiger partial charge on any atom is -0.340 e. The highest BCUT2D eigenvalue weighted by atomic mass is 32.2. The van der Waals surface area contributed by atoms with Gasteiger partial charge in [0.2, 0.25) is 5.89 Å². The lowest BCUT2D eigenvalue weighted by Crippen LogP contribution is -2.39. The lowest BCUT2D eigenvalue weighted by molar-refractivity contribution is 0.0703. The molecule has 0 spiro atoms. The van der Waals surface area contributed by atoms with Crippen molar-refractivity contribution in [1.29, 1.82) is 0 Å². The molecule has 1 aromatic heterocycles. The number of nitrogens with zero attached hydrogens (tertiary/aromatic N) is 3. The normalized spacial score (nSPS) is 18.6. The van der Waals surface area contributed by atoms with Crippen LogP contribution in [0.2, 0.25) is 0 Å². The first-order chi connectivity index (χ1) is 11.3. The highest BCUT2D eigenvalue weighted by Crippen LogP contribution is 2.26. The largest absolute Gasteiger partial charge is 0.340 e. The van der Waals surface area contributed by atoms with E-state index in [4.69, 9.17) is 4.52 Å². The lowest BCUT2D eigenvalue weighted by Gasteiger charge is -2.31. The average Bonchev–Trinajstić information content (AvgIpc) is 3.00. The number of piperidine rings is 1. The number of likely N-dealkylation sites (tertiary alicyclic amines) is 1. The van der Waals surface area contributed by atoms with Crippen LogP contribution in [0.15, 0.2) is 33.7 Å². The van der Waals surface area contributed by atoms with E-state index in [2.05, 4.69) is 10.1 Å². The van der Waals surface area contributed by atoms with E-state index in [1.165, 1.54) is 12.1 Å². The first-order valence-electron chi connectivity index (χ1n) is 7.74. The van der Waals surface area contributed by atoms with Crippen LogP contribution in [0, 0.1) is 6.92 Å². The first-order valence-corrected chi connectivity index (χ1v) is 9.63. The van der Waals surface area contributed by atoms with Crippen molar-refractivity contribution in [2.24, 2.45) is 0 Å². The second kappa shape index (κ2) is 6.35. The zero-order valence-corrected chi connectivity index (χ0v) is 14.4. The molecule has 0 bridgehead atoms. The number of hydrogen-bond donors (Lipinski definition) is 0. The fourth-order valence-electron chi connectivity index (χ4n) is 2.90. The van der Waals surface area contributed by atoms with E-state index in [-0.39, 0.29) is 16.7 Å². The predicted molar refractivity (Wildman–Crippen MR) is 86.5 cm³/mol. The van der Waals surface area contributed by atoms with Crippen LogP contribution in [0.5, 0.6) is 0 Å². The van der Waals surface area contributed by atoms with Crippen LogP contribution >= 0.6 is 0 Å². The maximum atomic E-state index is 12.7. The Morgan fingerprint density at radius 1 is 1.38 bits per heavy atom. The number of rotatable bonds is 3. The molecule has 1 aliphatic rings. The van der Waals surface area contributed by atoms with Crippen molar-refractivity contribution in [2.75, 3.05) is 19.3 Å². The monoisotopic (exact) mass is 349 g/mol. The Hall–Kier alpha value is -2.22. The van der Waals surface area contributed by atoms with Crippen LogP contribution in [-0.2, 0) is 9.84 Å². The Morgan fingerprint density at radius 2 is 2.17 bits per heavy atom. The van der Waals surface area contributed by atoms with E-state index < -0.39 is 9.84 Å². The molecule has 1 fully saturated rings. The van der Waals surface area contributed by atoms with Gasteiger partial charge in [0.05, 0.1) is 4.90 Å². The van der Waals surface area contributed by atoms with E-state index >= 15 is 0 Å². The summed E-state index contributed by atoms with van der Waals surface area (Å²) >= 11 is 0. The van der Waals surface area contributed by atoms with Gasteiger partial charge in [-0.05, 0) is 31.0 Å². The van der Waals surface area contributed by atoms with Crippen molar-refractivity contribution >= 4 is 15.7 Å². The van der Waals surface area contributed by atoms with Crippen molar-refractivity contribution in [3.63, 3.8) is 0 Å². The van der Waals surface area contributed by atoms with Crippen LogP contribution in [0.3, 0.4) is 0 Å². The van der Waals surface area contributed by atoms with Gasteiger partial charge in [0.25, 0.3) is 5.91 Å². The quantitative estimate of drug-likeness (QED) is 0.839. The highest BCUT2D eigenvalue weighted by Gasteiger charge is 2.28. The number of aromatic nitrogens is 2. The van der Waals surface area contributed by atoms with Gasteiger partial charge in [0.1, 0.15) is 0 Å². The van der Waals surface area contributed by atoms with Crippen molar-refractivity contribution in [3.8, 4) is 0 Å². The lowest BCUT2D eigenvalue weighted by atomic mass is 9.96. The van der Waals surface area contributed by atoms with Gasteiger partial charge in [-0.2, -0.15) is 4.98 Å². The van der Waals surface area contributed by atoms with Gasteiger partial charge in [0.15, 0.2) is 15.7 Å². The van der Waals surface area contributed by atoms with Crippen molar-refractivity contribution in [3.05, 3.63) is 41.5 Å². The molecule has 0 unspecified atom stereocenters. The summed E-state index contributed by atoms with van der Waals surface area (Å²) in [4.78, 5) is 18.9. The van der Waals surface area contributed by atoms with E-state index in [0.717, 1.165) is 19.1 Å². The standard InChI is InChI=1S/C16H19N3O4S/c1-11-17-15(18-23-11)13-6-4-8-19(10-13)16(20)12-5-3-7-14(9-12)24(2,21)22/h3,5,7,9,13H,4,6,8,10H2,1-2H3/t13-/m0/s1. The van der Waals surface area contributed by atoms with Crippen LogP contribution < -0.4 is 0 Å². The fraction of sp³-hybridized carbons (Fsp3) is 0.438. The third-order valence-electron chi connectivity index (χ3n) is 4.13. The predicted octanol–water partition coefficient (Wildman–Crippen LogP) is 1.80. The van der Waals surface area contributed by atoms with E-state index in [1.54, 1.807) is 24.0 Å². The molecule has 1 saturated heterocycles. The second-order valence-corrected chi connectivity index (χ2v) is 8.08. The van der Waals surface area contributed by atoms with Crippen LogP contribution in [0.25, 0.3) is 0 Å². The summed E-state index contributed by atoms with van der Waals surface area (Å²) in [5.41, 5.74) is 0.378. The van der Waals surface area contributed by atoms with Gasteiger partial charge in [0, 0.05) is 37.8 Å². The minimum atomic E-state index is -3.34. The number of aryl methyl sites for hydroxylation is 1. The zero-order chi connectivity index (χ0) is 17.3. The second-order valence-electron chi connectivity index (χ2n) is 6.06. The Bertz CT molecular complexity index is 860. The van der Waals surface area contributed by atoms with E-state index in [9.17, 15) is 13.2 Å². The molecule has 2 heterocycles. The third-order valence-corrected chi connectivity index (χ3v) is 5.24. The summed E-state index contributed by atoms with van der Waals surface area (Å²) < 4.78 is 28.4. The van der Waals surface area contributed by atoms with Crippen LogP contribution in [0.1, 0.15) is 40.8 Å². The molecule has 24 heavy (non-hydrogen) atoms. The SMILES string of the molecule is Cc1nc([C@H]2CCCN(C(=O)c3cccc(S(C)(=O)=O)c3)C2)no1. The number of hydrogen-bond acceptors (Lipinski definition) is 6. The van der Waals surface area contributed by atoms with Crippen molar-refractivity contribution < 1.29 is 17.7 Å². The Morgan fingerprint density at radius 3 is 2.83 bits per heavy atom. The Labute approximate surface area is 140 Å². The summed E-state index contributed by atoms with van der Waals surface area (Å²) in [5, 5.41) is 3.95. The molecular weight excluding hydrogens is 330 g/mol. The summed E-state index contributed by atoms with van der Waals surface area (Å²) in [7, 11) is -3.34. The molecule has 0 aliphatic carbocycles. The number of carbonyl (C=O) groups is 1. The van der Waals surface area contributed by atoms with Crippen molar-refractivity contribution in [1.82, 2.24) is 15.0 Å². The molecule has 0 saturated carbocycles. The molecular formula is C16H19N3O4S. The molecule has 1 aliphatic heterocycles. The Kier molecular flexibility index (Phi) is 4.40. The minimum absolute atomic E-state index is 0.0400. The van der Waals surface area contributed by atoms with Crippen molar-refractivity contribution in [2.45, 2.75) is 30.6 Å². The smallest absolute Gasteiger partial charge is 0.253 e. The van der Waals surface area contributed by atoms with Crippen LogP contribution in [0.4, 0.5) is 0 Å². The van der Waals surface area contributed by atoms with E-state index in [0.29, 0.717) is 30.4 Å². The number of amides is 1.